The molecule has 0 aliphatic rings. The van der Waals surface area contributed by atoms with Crippen LogP contribution in [-0.4, -0.2) is 16.1 Å². The first-order valence-corrected chi connectivity index (χ1v) is 4.75. The molecule has 0 N–H and O–H groups in total. The zero-order valence-electron chi connectivity index (χ0n) is 8.29. The van der Waals surface area contributed by atoms with Gasteiger partial charge in [-0.25, -0.2) is 0 Å². The first-order valence-electron chi connectivity index (χ1n) is 4.75. The number of hydrogen-bond donors (Lipinski definition) is 0. The highest BCUT2D eigenvalue weighted by Gasteiger charge is 2.05. The zero-order chi connectivity index (χ0) is 9.68. The Labute approximate surface area is 78.8 Å². The van der Waals surface area contributed by atoms with Crippen molar-refractivity contribution in [3.05, 3.63) is 17.5 Å². The van der Waals surface area contributed by atoms with E-state index in [2.05, 4.69) is 12.0 Å². The average molecular weight is 180 g/mol. The van der Waals surface area contributed by atoms with E-state index in [1.54, 1.807) is 10.9 Å². The molecule has 72 valence electrons. The summed E-state index contributed by atoms with van der Waals surface area (Å²) in [6, 6.07) is 0. The molecular weight excluding hydrogens is 164 g/mol. The van der Waals surface area contributed by atoms with E-state index >= 15 is 0 Å². The van der Waals surface area contributed by atoms with Gasteiger partial charge in [0, 0.05) is 13.2 Å². The van der Waals surface area contributed by atoms with Crippen LogP contribution in [0.4, 0.5) is 0 Å². The molecule has 3 nitrogen and oxygen atoms in total. The lowest BCUT2D eigenvalue weighted by atomic mass is 10.1. The Bertz CT molecular complexity index is 278. The van der Waals surface area contributed by atoms with E-state index in [-0.39, 0.29) is 0 Å². The second-order valence-corrected chi connectivity index (χ2v) is 3.28. The first-order chi connectivity index (χ1) is 6.27. The van der Waals surface area contributed by atoms with E-state index in [0.29, 0.717) is 0 Å². The highest BCUT2D eigenvalue weighted by atomic mass is 16.1. The third kappa shape index (κ3) is 2.68. The van der Waals surface area contributed by atoms with Crippen molar-refractivity contribution in [2.24, 2.45) is 7.05 Å². The maximum absolute atomic E-state index is 10.6. The van der Waals surface area contributed by atoms with Crippen LogP contribution in [0.25, 0.3) is 0 Å². The molecule has 3 heteroatoms. The fraction of sp³-hybridized carbons (Fsp3) is 0.600. The molecule has 0 spiro atoms. The Morgan fingerprint density at radius 1 is 1.54 bits per heavy atom. The van der Waals surface area contributed by atoms with Crippen LogP contribution in [0, 0.1) is 0 Å². The van der Waals surface area contributed by atoms with Crippen molar-refractivity contribution in [2.45, 2.75) is 32.6 Å². The van der Waals surface area contributed by atoms with Gasteiger partial charge in [-0.05, 0) is 12.8 Å². The van der Waals surface area contributed by atoms with Crippen molar-refractivity contribution in [3.63, 3.8) is 0 Å². The molecule has 0 aliphatic heterocycles. The van der Waals surface area contributed by atoms with Crippen molar-refractivity contribution in [1.29, 1.82) is 0 Å². The van der Waals surface area contributed by atoms with E-state index in [4.69, 9.17) is 0 Å². The summed E-state index contributed by atoms with van der Waals surface area (Å²) in [6.07, 6.45) is 7.10. The van der Waals surface area contributed by atoms with E-state index < -0.39 is 0 Å². The van der Waals surface area contributed by atoms with Crippen LogP contribution in [0.15, 0.2) is 6.20 Å². The summed E-state index contributed by atoms with van der Waals surface area (Å²) < 4.78 is 1.70. The van der Waals surface area contributed by atoms with Gasteiger partial charge in [0.2, 0.25) is 0 Å². The number of aldehydes is 1. The SMILES string of the molecule is CCCCCc1nn(C)cc1C=O. The Kier molecular flexibility index (Phi) is 3.68. The van der Waals surface area contributed by atoms with Gasteiger partial charge >= 0.3 is 0 Å². The monoisotopic (exact) mass is 180 g/mol. The van der Waals surface area contributed by atoms with Crippen LogP contribution < -0.4 is 0 Å². The standard InChI is InChI=1S/C10H16N2O/c1-3-4-5-6-10-9(8-13)7-12(2)11-10/h7-8H,3-6H2,1-2H3. The van der Waals surface area contributed by atoms with E-state index in [1.165, 1.54) is 12.8 Å². The fourth-order valence-corrected chi connectivity index (χ4v) is 1.39. The molecule has 1 rings (SSSR count). The summed E-state index contributed by atoms with van der Waals surface area (Å²) in [5.41, 5.74) is 1.67. The lowest BCUT2D eigenvalue weighted by molar-refractivity contribution is 0.112. The maximum atomic E-state index is 10.6. The molecule has 0 fully saturated rings. The van der Waals surface area contributed by atoms with Gasteiger partial charge in [-0.3, -0.25) is 9.48 Å². The number of carbonyl (C=O) groups excluding carboxylic acids is 1. The molecule has 0 aliphatic carbocycles. The summed E-state index contributed by atoms with van der Waals surface area (Å²) in [6.45, 7) is 2.17. The molecule has 13 heavy (non-hydrogen) atoms. The highest BCUT2D eigenvalue weighted by Crippen LogP contribution is 2.08. The number of rotatable bonds is 5. The minimum absolute atomic E-state index is 0.735. The highest BCUT2D eigenvalue weighted by molar-refractivity contribution is 5.75. The molecule has 0 bridgehead atoms. The number of aryl methyl sites for hydroxylation is 2. The lowest BCUT2D eigenvalue weighted by Crippen LogP contribution is -1.93. The number of carbonyl (C=O) groups is 1. The van der Waals surface area contributed by atoms with Gasteiger partial charge in [0.05, 0.1) is 11.3 Å². The molecular formula is C10H16N2O. The second-order valence-electron chi connectivity index (χ2n) is 3.28. The van der Waals surface area contributed by atoms with Gasteiger partial charge in [0.1, 0.15) is 0 Å². The first kappa shape index (κ1) is 9.96. The predicted molar refractivity (Wildman–Crippen MR) is 51.8 cm³/mol. The molecule has 1 heterocycles. The van der Waals surface area contributed by atoms with Crippen molar-refractivity contribution in [2.75, 3.05) is 0 Å². The quantitative estimate of drug-likeness (QED) is 0.513. The molecule has 0 unspecified atom stereocenters. The number of nitrogens with zero attached hydrogens (tertiary/aromatic N) is 2. The largest absolute Gasteiger partial charge is 0.298 e. The van der Waals surface area contributed by atoms with E-state index in [9.17, 15) is 4.79 Å². The summed E-state index contributed by atoms with van der Waals surface area (Å²) in [5.74, 6) is 0. The Balaban J connectivity index is 2.58. The normalized spacial score (nSPS) is 10.3. The summed E-state index contributed by atoms with van der Waals surface area (Å²) >= 11 is 0. The van der Waals surface area contributed by atoms with Crippen LogP contribution in [0.2, 0.25) is 0 Å². The summed E-state index contributed by atoms with van der Waals surface area (Å²) in [4.78, 5) is 10.6. The van der Waals surface area contributed by atoms with E-state index in [1.807, 2.05) is 7.05 Å². The topological polar surface area (TPSA) is 34.9 Å². The van der Waals surface area contributed by atoms with Crippen LogP contribution in [0.3, 0.4) is 0 Å². The maximum Gasteiger partial charge on any atom is 0.153 e. The number of hydrogen-bond acceptors (Lipinski definition) is 2. The van der Waals surface area contributed by atoms with Crippen LogP contribution >= 0.6 is 0 Å². The Hall–Kier alpha value is -1.12. The van der Waals surface area contributed by atoms with Crippen molar-refractivity contribution < 1.29 is 4.79 Å². The van der Waals surface area contributed by atoms with Crippen LogP contribution in [0.1, 0.15) is 42.2 Å². The van der Waals surface area contributed by atoms with Gasteiger partial charge in [0.25, 0.3) is 0 Å². The number of aromatic nitrogens is 2. The fourth-order valence-electron chi connectivity index (χ4n) is 1.39. The van der Waals surface area contributed by atoms with Gasteiger partial charge in [-0.1, -0.05) is 19.8 Å². The van der Waals surface area contributed by atoms with Crippen molar-refractivity contribution in [3.8, 4) is 0 Å². The summed E-state index contributed by atoms with van der Waals surface area (Å²) in [5, 5.41) is 4.24. The smallest absolute Gasteiger partial charge is 0.153 e. The molecule has 1 aromatic heterocycles. The molecule has 0 aromatic carbocycles. The minimum atomic E-state index is 0.735. The molecule has 0 saturated carbocycles. The van der Waals surface area contributed by atoms with Gasteiger partial charge in [0.15, 0.2) is 6.29 Å². The summed E-state index contributed by atoms with van der Waals surface area (Å²) in [7, 11) is 1.84. The molecule has 0 saturated heterocycles. The van der Waals surface area contributed by atoms with Gasteiger partial charge in [-0.15, -0.1) is 0 Å². The molecule has 0 radical (unpaired) electrons. The van der Waals surface area contributed by atoms with Crippen LogP contribution in [-0.2, 0) is 13.5 Å². The number of unbranched alkanes of at least 4 members (excludes halogenated alkanes) is 2. The predicted octanol–water partition coefficient (Wildman–Crippen LogP) is 1.97. The minimum Gasteiger partial charge on any atom is -0.298 e. The van der Waals surface area contributed by atoms with Gasteiger partial charge in [-0.2, -0.15) is 5.10 Å². The third-order valence-electron chi connectivity index (χ3n) is 2.08. The molecule has 0 amide bonds. The van der Waals surface area contributed by atoms with E-state index in [0.717, 1.165) is 30.4 Å². The lowest BCUT2D eigenvalue weighted by Gasteiger charge is -1.95. The molecule has 0 atom stereocenters. The van der Waals surface area contributed by atoms with Crippen LogP contribution in [0.5, 0.6) is 0 Å². The van der Waals surface area contributed by atoms with Gasteiger partial charge < -0.3 is 0 Å². The average Bonchev–Trinajstić information content (AvgIpc) is 2.47. The second kappa shape index (κ2) is 4.80. The Morgan fingerprint density at radius 3 is 2.92 bits per heavy atom. The third-order valence-corrected chi connectivity index (χ3v) is 2.08. The van der Waals surface area contributed by atoms with Crippen molar-refractivity contribution in [1.82, 2.24) is 9.78 Å². The van der Waals surface area contributed by atoms with Crippen molar-refractivity contribution >= 4 is 6.29 Å². The Morgan fingerprint density at radius 2 is 2.31 bits per heavy atom. The molecule has 1 aromatic rings. The zero-order valence-corrected chi connectivity index (χ0v) is 8.29.